The zero-order valence-electron chi connectivity index (χ0n) is 13.0. The summed E-state index contributed by atoms with van der Waals surface area (Å²) in [4.78, 5) is 19.1. The molecule has 1 heterocycles. The van der Waals surface area contributed by atoms with Gasteiger partial charge in [-0.15, -0.1) is 0 Å². The van der Waals surface area contributed by atoms with Crippen LogP contribution in [0.15, 0.2) is 54.7 Å². The molecule has 0 fully saturated rings. The average Bonchev–Trinajstić information content (AvgIpc) is 3.09. The maximum absolute atomic E-state index is 11.5. The molecule has 0 saturated carbocycles. The fourth-order valence-electron chi connectivity index (χ4n) is 2.59. The van der Waals surface area contributed by atoms with Gasteiger partial charge in [0.05, 0.1) is 23.5 Å². The number of carbonyl (C=O) groups excluding carboxylic acids is 1. The van der Waals surface area contributed by atoms with Crippen molar-refractivity contribution < 1.29 is 4.79 Å². The molecule has 1 amide bonds. The molecule has 24 heavy (non-hydrogen) atoms. The quantitative estimate of drug-likeness (QED) is 0.757. The normalized spacial score (nSPS) is 10.3. The number of imidazole rings is 1. The maximum atomic E-state index is 11.5. The molecular weight excluding hydrogens is 300 g/mol. The molecule has 0 atom stereocenters. The van der Waals surface area contributed by atoms with Gasteiger partial charge in [-0.1, -0.05) is 30.3 Å². The molecule has 3 aromatic rings. The summed E-state index contributed by atoms with van der Waals surface area (Å²) in [6, 6.07) is 16.8. The lowest BCUT2D eigenvalue weighted by Crippen LogP contribution is -2.14. The molecule has 0 unspecified atom stereocenters. The number of carbonyl (C=O) groups is 1. The Labute approximate surface area is 139 Å². The highest BCUT2D eigenvalue weighted by Gasteiger charge is 2.09. The summed E-state index contributed by atoms with van der Waals surface area (Å²) in [7, 11) is 0. The number of nitriles is 1. The van der Waals surface area contributed by atoms with Crippen LogP contribution in [0.4, 0.5) is 0 Å². The Morgan fingerprint density at radius 3 is 2.58 bits per heavy atom. The van der Waals surface area contributed by atoms with Crippen LogP contribution in [0.5, 0.6) is 0 Å². The van der Waals surface area contributed by atoms with Crippen molar-refractivity contribution in [3.8, 4) is 17.3 Å². The number of aryl methyl sites for hydroxylation is 2. The van der Waals surface area contributed by atoms with Crippen LogP contribution in [0.25, 0.3) is 11.3 Å². The summed E-state index contributed by atoms with van der Waals surface area (Å²) in [6.07, 6.45) is 3.14. The molecule has 5 nitrogen and oxygen atoms in total. The monoisotopic (exact) mass is 316 g/mol. The van der Waals surface area contributed by atoms with Crippen LogP contribution >= 0.6 is 0 Å². The molecule has 0 aliphatic carbocycles. The van der Waals surface area contributed by atoms with Crippen LogP contribution in [-0.2, 0) is 12.8 Å². The average molecular weight is 316 g/mol. The van der Waals surface area contributed by atoms with Crippen molar-refractivity contribution >= 4 is 5.91 Å². The summed E-state index contributed by atoms with van der Waals surface area (Å²) < 4.78 is 0. The first-order valence-electron chi connectivity index (χ1n) is 7.59. The molecule has 3 N–H and O–H groups in total. The van der Waals surface area contributed by atoms with Crippen molar-refractivity contribution in [2.24, 2.45) is 5.73 Å². The van der Waals surface area contributed by atoms with E-state index < -0.39 is 5.91 Å². The Morgan fingerprint density at radius 2 is 1.88 bits per heavy atom. The summed E-state index contributed by atoms with van der Waals surface area (Å²) in [5.74, 6) is 0.428. The molecule has 5 heteroatoms. The Hall–Kier alpha value is -3.39. The van der Waals surface area contributed by atoms with Crippen molar-refractivity contribution in [2.45, 2.75) is 12.8 Å². The van der Waals surface area contributed by atoms with Crippen molar-refractivity contribution in [3.05, 3.63) is 77.2 Å². The molecule has 0 radical (unpaired) electrons. The first kappa shape index (κ1) is 15.5. The number of nitrogens with zero attached hydrogens (tertiary/aromatic N) is 2. The molecule has 0 aliphatic heterocycles. The van der Waals surface area contributed by atoms with Gasteiger partial charge in [-0.2, -0.15) is 5.26 Å². The number of benzene rings is 2. The minimum Gasteiger partial charge on any atom is -0.366 e. The molecule has 118 valence electrons. The number of amides is 1. The number of hydrogen-bond donors (Lipinski definition) is 2. The number of H-pyrrole nitrogens is 1. The predicted molar refractivity (Wildman–Crippen MR) is 91.1 cm³/mol. The van der Waals surface area contributed by atoms with Gasteiger partial charge in [0.1, 0.15) is 5.82 Å². The third kappa shape index (κ3) is 3.33. The third-order valence-electron chi connectivity index (χ3n) is 3.87. The van der Waals surface area contributed by atoms with Gasteiger partial charge >= 0.3 is 0 Å². The topological polar surface area (TPSA) is 95.6 Å². The molecule has 0 bridgehead atoms. The van der Waals surface area contributed by atoms with E-state index in [1.165, 1.54) is 0 Å². The Bertz CT molecular complexity index is 904. The fraction of sp³-hybridized carbons (Fsp3) is 0.105. The molecule has 0 aliphatic rings. The highest BCUT2D eigenvalue weighted by Crippen LogP contribution is 2.18. The summed E-state index contributed by atoms with van der Waals surface area (Å²) in [5.41, 5.74) is 9.38. The number of nitrogens with one attached hydrogen (secondary N) is 1. The summed E-state index contributed by atoms with van der Waals surface area (Å²) in [6.45, 7) is 0. The summed E-state index contributed by atoms with van der Waals surface area (Å²) in [5, 5.41) is 8.84. The minimum absolute atomic E-state index is 0.414. The lowest BCUT2D eigenvalue weighted by atomic mass is 10.0. The molecule has 2 aromatic carbocycles. The summed E-state index contributed by atoms with van der Waals surface area (Å²) >= 11 is 0. The van der Waals surface area contributed by atoms with Crippen LogP contribution in [0.3, 0.4) is 0 Å². The zero-order chi connectivity index (χ0) is 16.9. The second-order valence-corrected chi connectivity index (χ2v) is 5.45. The SMILES string of the molecule is N#Cc1ccc(-c2cnc(CCc3ccccc3C(N)=O)[nH]2)cc1. The number of primary amides is 1. The predicted octanol–water partition coefficient (Wildman–Crippen LogP) is 2.83. The molecule has 0 spiro atoms. The third-order valence-corrected chi connectivity index (χ3v) is 3.87. The number of aromatic amines is 1. The lowest BCUT2D eigenvalue weighted by molar-refractivity contribution is 0.0999. The number of hydrogen-bond acceptors (Lipinski definition) is 3. The van der Waals surface area contributed by atoms with Crippen molar-refractivity contribution in [1.29, 1.82) is 5.26 Å². The molecule has 3 rings (SSSR count). The van der Waals surface area contributed by atoms with E-state index in [1.54, 1.807) is 30.5 Å². The number of aromatic nitrogens is 2. The van der Waals surface area contributed by atoms with Gasteiger partial charge in [0.15, 0.2) is 0 Å². The van der Waals surface area contributed by atoms with Crippen molar-refractivity contribution in [2.75, 3.05) is 0 Å². The molecule has 0 saturated heterocycles. The number of nitrogens with two attached hydrogens (primary N) is 1. The standard InChI is InChI=1S/C19H16N4O/c20-11-13-5-7-15(8-6-13)17-12-22-18(23-17)10-9-14-3-1-2-4-16(14)19(21)24/h1-8,12H,9-10H2,(H2,21,24)(H,22,23). The van der Waals surface area contributed by atoms with E-state index in [2.05, 4.69) is 16.0 Å². The fourth-order valence-corrected chi connectivity index (χ4v) is 2.59. The van der Waals surface area contributed by atoms with Gasteiger partial charge in [0.25, 0.3) is 0 Å². The van der Waals surface area contributed by atoms with Crippen LogP contribution in [-0.4, -0.2) is 15.9 Å². The van der Waals surface area contributed by atoms with Crippen molar-refractivity contribution in [3.63, 3.8) is 0 Å². The van der Waals surface area contributed by atoms with Crippen LogP contribution in [0, 0.1) is 11.3 Å². The smallest absolute Gasteiger partial charge is 0.248 e. The molecule has 1 aromatic heterocycles. The van der Waals surface area contributed by atoms with E-state index in [0.717, 1.165) is 22.6 Å². The highest BCUT2D eigenvalue weighted by atomic mass is 16.1. The Balaban J connectivity index is 1.73. The minimum atomic E-state index is -0.414. The van der Waals surface area contributed by atoms with E-state index in [9.17, 15) is 4.79 Å². The molecular formula is C19H16N4O. The largest absolute Gasteiger partial charge is 0.366 e. The van der Waals surface area contributed by atoms with Crippen LogP contribution < -0.4 is 5.73 Å². The van der Waals surface area contributed by atoms with Gasteiger partial charge in [-0.25, -0.2) is 4.98 Å². The Morgan fingerprint density at radius 1 is 1.12 bits per heavy atom. The van der Waals surface area contributed by atoms with Gasteiger partial charge < -0.3 is 10.7 Å². The van der Waals surface area contributed by atoms with E-state index in [0.29, 0.717) is 24.0 Å². The second kappa shape index (κ2) is 6.80. The maximum Gasteiger partial charge on any atom is 0.248 e. The van der Waals surface area contributed by atoms with Gasteiger partial charge in [-0.05, 0) is 35.7 Å². The van der Waals surface area contributed by atoms with Crippen LogP contribution in [0.2, 0.25) is 0 Å². The van der Waals surface area contributed by atoms with Gasteiger partial charge in [0, 0.05) is 12.0 Å². The Kier molecular flexibility index (Phi) is 4.39. The zero-order valence-corrected chi connectivity index (χ0v) is 13.0. The first-order chi connectivity index (χ1) is 11.7. The van der Waals surface area contributed by atoms with E-state index >= 15 is 0 Å². The van der Waals surface area contributed by atoms with Crippen molar-refractivity contribution in [1.82, 2.24) is 9.97 Å². The highest BCUT2D eigenvalue weighted by molar-refractivity contribution is 5.94. The first-order valence-corrected chi connectivity index (χ1v) is 7.59. The second-order valence-electron chi connectivity index (χ2n) is 5.45. The number of rotatable bonds is 5. The van der Waals surface area contributed by atoms with Gasteiger partial charge in [0.2, 0.25) is 5.91 Å². The lowest BCUT2D eigenvalue weighted by Gasteiger charge is -2.05. The van der Waals surface area contributed by atoms with Crippen LogP contribution in [0.1, 0.15) is 27.3 Å². The van der Waals surface area contributed by atoms with E-state index in [-0.39, 0.29) is 0 Å². The van der Waals surface area contributed by atoms with Gasteiger partial charge in [-0.3, -0.25) is 4.79 Å². The van der Waals surface area contributed by atoms with E-state index in [1.807, 2.05) is 24.3 Å². The van der Waals surface area contributed by atoms with E-state index in [4.69, 9.17) is 11.0 Å².